The minimum absolute atomic E-state index is 0.0974. The standard InChI is InChI=1S/C25H30N2O5/c1-5-31-22(28)16-25(30)14-13-24(3,4)20-12-11-19(15-21(20)25)27-26-18-9-7-17(8-10-18)23(29)32-6-2/h7-12,15,30H,5-6,13-14,16H2,1-4H3/b27-26+. The Morgan fingerprint density at radius 2 is 1.53 bits per heavy atom. The Morgan fingerprint density at radius 1 is 0.906 bits per heavy atom. The summed E-state index contributed by atoms with van der Waals surface area (Å²) in [4.78, 5) is 23.9. The zero-order chi connectivity index (χ0) is 23.4. The third kappa shape index (κ3) is 5.22. The number of benzene rings is 2. The highest BCUT2D eigenvalue weighted by Crippen LogP contribution is 2.47. The van der Waals surface area contributed by atoms with Crippen LogP contribution < -0.4 is 0 Å². The molecule has 7 heteroatoms. The summed E-state index contributed by atoms with van der Waals surface area (Å²) in [7, 11) is 0. The van der Waals surface area contributed by atoms with E-state index in [2.05, 4.69) is 24.1 Å². The second kappa shape index (κ2) is 9.61. The van der Waals surface area contributed by atoms with E-state index in [4.69, 9.17) is 9.47 Å². The van der Waals surface area contributed by atoms with Crippen molar-refractivity contribution >= 4 is 23.3 Å². The van der Waals surface area contributed by atoms with Gasteiger partial charge in [0, 0.05) is 0 Å². The third-order valence-electron chi connectivity index (χ3n) is 5.80. The van der Waals surface area contributed by atoms with Crippen molar-refractivity contribution in [1.82, 2.24) is 0 Å². The first kappa shape index (κ1) is 23.6. The van der Waals surface area contributed by atoms with Gasteiger partial charge < -0.3 is 14.6 Å². The Hall–Kier alpha value is -3.06. The van der Waals surface area contributed by atoms with Crippen molar-refractivity contribution in [3.05, 3.63) is 59.2 Å². The van der Waals surface area contributed by atoms with Crippen LogP contribution in [0.4, 0.5) is 11.4 Å². The molecule has 2 aromatic carbocycles. The van der Waals surface area contributed by atoms with Crippen LogP contribution in [0.15, 0.2) is 52.7 Å². The molecule has 0 fully saturated rings. The van der Waals surface area contributed by atoms with Gasteiger partial charge in [-0.3, -0.25) is 4.79 Å². The topological polar surface area (TPSA) is 97.5 Å². The number of nitrogens with zero attached hydrogens (tertiary/aromatic N) is 2. The molecular weight excluding hydrogens is 408 g/mol. The van der Waals surface area contributed by atoms with Crippen LogP contribution in [-0.2, 0) is 25.3 Å². The van der Waals surface area contributed by atoms with Crippen LogP contribution in [0.1, 0.15) is 68.4 Å². The fourth-order valence-corrected chi connectivity index (χ4v) is 3.99. The van der Waals surface area contributed by atoms with Crippen LogP contribution in [0.25, 0.3) is 0 Å². The molecule has 0 heterocycles. The minimum Gasteiger partial charge on any atom is -0.466 e. The average molecular weight is 439 g/mol. The smallest absolute Gasteiger partial charge is 0.338 e. The van der Waals surface area contributed by atoms with Gasteiger partial charge >= 0.3 is 11.9 Å². The number of hydrogen-bond acceptors (Lipinski definition) is 7. The summed E-state index contributed by atoms with van der Waals surface area (Å²) in [5.74, 6) is -0.802. The SMILES string of the molecule is CCOC(=O)CC1(O)CCC(C)(C)c2ccc(/N=N/c3ccc(C(=O)OCC)cc3)cc21. The Bertz CT molecular complexity index is 1010. The molecule has 7 nitrogen and oxygen atoms in total. The molecule has 1 unspecified atom stereocenters. The second-order valence-corrected chi connectivity index (χ2v) is 8.59. The maximum absolute atomic E-state index is 12.1. The highest BCUT2D eigenvalue weighted by atomic mass is 16.5. The molecule has 0 amide bonds. The molecule has 2 aromatic rings. The summed E-state index contributed by atoms with van der Waals surface area (Å²) in [6.45, 7) is 8.35. The van der Waals surface area contributed by atoms with E-state index in [1.54, 1.807) is 44.2 Å². The van der Waals surface area contributed by atoms with Crippen molar-refractivity contribution in [2.24, 2.45) is 10.2 Å². The summed E-state index contributed by atoms with van der Waals surface area (Å²) in [5.41, 5.74) is 1.85. The summed E-state index contributed by atoms with van der Waals surface area (Å²) in [6.07, 6.45) is 1.12. The normalized spacial score (nSPS) is 19.4. The number of carbonyl (C=O) groups excluding carboxylic acids is 2. The maximum atomic E-state index is 12.1. The maximum Gasteiger partial charge on any atom is 0.338 e. The first-order valence-electron chi connectivity index (χ1n) is 10.9. The van der Waals surface area contributed by atoms with Crippen molar-refractivity contribution < 1.29 is 24.2 Å². The van der Waals surface area contributed by atoms with Crippen molar-refractivity contribution in [2.45, 2.75) is 58.0 Å². The van der Waals surface area contributed by atoms with Gasteiger partial charge in [0.1, 0.15) is 5.60 Å². The number of aliphatic hydroxyl groups is 1. The van der Waals surface area contributed by atoms with E-state index in [0.29, 0.717) is 35.5 Å². The summed E-state index contributed by atoms with van der Waals surface area (Å²) >= 11 is 0. The molecule has 1 atom stereocenters. The van der Waals surface area contributed by atoms with Gasteiger partial charge in [0.05, 0.1) is 36.6 Å². The third-order valence-corrected chi connectivity index (χ3v) is 5.80. The molecule has 0 saturated heterocycles. The molecule has 0 bridgehead atoms. The molecule has 0 aromatic heterocycles. The molecule has 0 saturated carbocycles. The Labute approximate surface area is 188 Å². The lowest BCUT2D eigenvalue weighted by atomic mass is 9.66. The van der Waals surface area contributed by atoms with Crippen molar-refractivity contribution in [1.29, 1.82) is 0 Å². The first-order valence-corrected chi connectivity index (χ1v) is 10.9. The quantitative estimate of drug-likeness (QED) is 0.455. The monoisotopic (exact) mass is 438 g/mol. The highest BCUT2D eigenvalue weighted by Gasteiger charge is 2.43. The molecule has 3 rings (SSSR count). The van der Waals surface area contributed by atoms with E-state index in [1.165, 1.54) is 0 Å². The fourth-order valence-electron chi connectivity index (χ4n) is 3.99. The molecule has 0 radical (unpaired) electrons. The van der Waals surface area contributed by atoms with Crippen LogP contribution in [0, 0.1) is 0 Å². The molecule has 1 N–H and O–H groups in total. The second-order valence-electron chi connectivity index (χ2n) is 8.59. The van der Waals surface area contributed by atoms with Gasteiger partial charge in [0.2, 0.25) is 0 Å². The summed E-state index contributed by atoms with van der Waals surface area (Å²) in [5, 5.41) is 19.9. The van der Waals surface area contributed by atoms with Crippen molar-refractivity contribution in [3.63, 3.8) is 0 Å². The predicted octanol–water partition coefficient (Wildman–Crippen LogP) is 5.49. The van der Waals surface area contributed by atoms with E-state index in [1.807, 2.05) is 12.1 Å². The van der Waals surface area contributed by atoms with Crippen LogP contribution >= 0.6 is 0 Å². The number of azo groups is 1. The molecule has 0 spiro atoms. The van der Waals surface area contributed by atoms with Gasteiger partial charge in [-0.15, -0.1) is 0 Å². The zero-order valence-electron chi connectivity index (χ0n) is 19.1. The lowest BCUT2D eigenvalue weighted by Crippen LogP contribution is -2.39. The Morgan fingerprint density at radius 3 is 2.19 bits per heavy atom. The first-order chi connectivity index (χ1) is 15.2. The minimum atomic E-state index is -1.30. The van der Waals surface area contributed by atoms with Gasteiger partial charge in [-0.05, 0) is 79.6 Å². The Kier molecular flexibility index (Phi) is 7.09. The van der Waals surface area contributed by atoms with Crippen molar-refractivity contribution in [2.75, 3.05) is 13.2 Å². The average Bonchev–Trinajstić information content (AvgIpc) is 2.76. The van der Waals surface area contributed by atoms with Crippen LogP contribution in [0.2, 0.25) is 0 Å². The van der Waals surface area contributed by atoms with E-state index in [0.717, 1.165) is 12.0 Å². The van der Waals surface area contributed by atoms with Gasteiger partial charge in [0.15, 0.2) is 0 Å². The molecular formula is C25H30N2O5. The summed E-state index contributed by atoms with van der Waals surface area (Å²) in [6, 6.07) is 12.3. The van der Waals surface area contributed by atoms with Crippen molar-refractivity contribution in [3.8, 4) is 0 Å². The number of carbonyl (C=O) groups is 2. The van der Waals surface area contributed by atoms with E-state index >= 15 is 0 Å². The highest BCUT2D eigenvalue weighted by molar-refractivity contribution is 5.89. The van der Waals surface area contributed by atoms with Gasteiger partial charge in [-0.25, -0.2) is 4.79 Å². The van der Waals surface area contributed by atoms with Gasteiger partial charge in [-0.1, -0.05) is 19.9 Å². The lowest BCUT2D eigenvalue weighted by molar-refractivity contribution is -0.150. The summed E-state index contributed by atoms with van der Waals surface area (Å²) < 4.78 is 10.1. The molecule has 0 aliphatic heterocycles. The van der Waals surface area contributed by atoms with E-state index in [9.17, 15) is 14.7 Å². The Balaban J connectivity index is 1.87. The number of fused-ring (bicyclic) bond motifs is 1. The largest absolute Gasteiger partial charge is 0.466 e. The van der Waals surface area contributed by atoms with Gasteiger partial charge in [0.25, 0.3) is 0 Å². The number of rotatable bonds is 7. The number of ether oxygens (including phenoxy) is 2. The lowest BCUT2D eigenvalue weighted by Gasteiger charge is -2.42. The molecule has 170 valence electrons. The predicted molar refractivity (Wildman–Crippen MR) is 120 cm³/mol. The zero-order valence-corrected chi connectivity index (χ0v) is 19.1. The van der Waals surface area contributed by atoms with Crippen LogP contribution in [-0.4, -0.2) is 30.3 Å². The van der Waals surface area contributed by atoms with Gasteiger partial charge in [-0.2, -0.15) is 10.2 Å². The molecule has 1 aliphatic rings. The van der Waals surface area contributed by atoms with E-state index < -0.39 is 11.6 Å². The van der Waals surface area contributed by atoms with Crippen LogP contribution in [0.5, 0.6) is 0 Å². The molecule has 1 aliphatic carbocycles. The fraction of sp³-hybridized carbons (Fsp3) is 0.440. The van der Waals surface area contributed by atoms with E-state index in [-0.39, 0.29) is 24.4 Å². The number of esters is 2. The molecule has 32 heavy (non-hydrogen) atoms. The number of hydrogen-bond donors (Lipinski definition) is 1. The van der Waals surface area contributed by atoms with Crippen LogP contribution in [0.3, 0.4) is 0 Å².